The van der Waals surface area contributed by atoms with E-state index in [1.54, 1.807) is 13.0 Å². The molecule has 1 aromatic carbocycles. The molecule has 0 aliphatic carbocycles. The Morgan fingerprint density at radius 1 is 1.00 bits per heavy atom. The van der Waals surface area contributed by atoms with Gasteiger partial charge in [0.05, 0.1) is 17.0 Å². The Balaban J connectivity index is 1.76. The molecule has 0 saturated heterocycles. The van der Waals surface area contributed by atoms with Crippen molar-refractivity contribution in [1.82, 2.24) is 29.9 Å². The molecule has 4 rings (SSSR count). The quantitative estimate of drug-likeness (QED) is 0.467. The van der Waals surface area contributed by atoms with Crippen LogP contribution in [-0.4, -0.2) is 29.9 Å². The van der Waals surface area contributed by atoms with Gasteiger partial charge in [0.25, 0.3) is 5.95 Å². The second-order valence-corrected chi connectivity index (χ2v) is 6.37. The topological polar surface area (TPSA) is 94.6 Å². The summed E-state index contributed by atoms with van der Waals surface area (Å²) in [5.74, 6) is 0.0976. The van der Waals surface area contributed by atoms with E-state index in [9.17, 15) is 26.3 Å². The second kappa shape index (κ2) is 7.21. The molecule has 14 heteroatoms. The summed E-state index contributed by atoms with van der Waals surface area (Å²) in [4.78, 5) is 12.1. The maximum atomic E-state index is 13.3. The monoisotopic (exact) mass is 443 g/mol. The number of hydrogen-bond acceptors (Lipinski definition) is 7. The van der Waals surface area contributed by atoms with Crippen LogP contribution in [0.15, 0.2) is 41.4 Å². The van der Waals surface area contributed by atoms with Gasteiger partial charge in [0.2, 0.25) is 0 Å². The number of rotatable bonds is 4. The molecule has 0 spiro atoms. The van der Waals surface area contributed by atoms with Crippen LogP contribution in [0, 0.1) is 0 Å². The molecule has 8 nitrogen and oxygen atoms in total. The van der Waals surface area contributed by atoms with Crippen molar-refractivity contribution >= 4 is 16.8 Å². The van der Waals surface area contributed by atoms with Crippen molar-refractivity contribution < 1.29 is 30.9 Å². The van der Waals surface area contributed by atoms with Crippen LogP contribution in [0.4, 0.5) is 32.2 Å². The fourth-order valence-corrected chi connectivity index (χ4v) is 2.89. The van der Waals surface area contributed by atoms with Crippen molar-refractivity contribution in [3.8, 4) is 5.95 Å². The maximum absolute atomic E-state index is 13.3. The Morgan fingerprint density at radius 2 is 1.71 bits per heavy atom. The van der Waals surface area contributed by atoms with Crippen LogP contribution >= 0.6 is 0 Å². The highest BCUT2D eigenvalue weighted by Crippen LogP contribution is 2.42. The summed E-state index contributed by atoms with van der Waals surface area (Å²) < 4.78 is 85.5. The summed E-state index contributed by atoms with van der Waals surface area (Å²) in [6.45, 7) is 1.56. The molecule has 1 N–H and O–H groups in total. The molecule has 0 bridgehead atoms. The van der Waals surface area contributed by atoms with Crippen LogP contribution in [0.3, 0.4) is 0 Å². The number of nitrogens with zero attached hydrogens (tertiary/aromatic N) is 6. The molecule has 4 aromatic rings. The van der Waals surface area contributed by atoms with E-state index in [0.717, 1.165) is 0 Å². The first-order valence-electron chi connectivity index (χ1n) is 8.57. The Hall–Kier alpha value is -3.71. The first-order valence-corrected chi connectivity index (χ1v) is 8.57. The summed E-state index contributed by atoms with van der Waals surface area (Å²) in [6.07, 6.45) is -5.94. The summed E-state index contributed by atoms with van der Waals surface area (Å²) >= 11 is 0. The van der Waals surface area contributed by atoms with E-state index in [1.165, 1.54) is 23.4 Å². The SMILES string of the molecule is CC(Nc1noc2c(C(F)(F)F)cc(C(F)(F)F)cc12)c1ncnn1-c1ncccn1. The summed E-state index contributed by atoms with van der Waals surface area (Å²) in [7, 11) is 0. The van der Waals surface area contributed by atoms with Crippen molar-refractivity contribution in [2.45, 2.75) is 25.3 Å². The van der Waals surface area contributed by atoms with Gasteiger partial charge in [0.15, 0.2) is 17.2 Å². The third kappa shape index (κ3) is 3.87. The zero-order valence-corrected chi connectivity index (χ0v) is 15.4. The van der Waals surface area contributed by atoms with Gasteiger partial charge in [-0.25, -0.2) is 15.0 Å². The molecule has 0 amide bonds. The average molecular weight is 443 g/mol. The van der Waals surface area contributed by atoms with Gasteiger partial charge in [-0.1, -0.05) is 5.16 Å². The van der Waals surface area contributed by atoms with Crippen molar-refractivity contribution in [3.05, 3.63) is 53.9 Å². The number of anilines is 1. The first-order chi connectivity index (χ1) is 14.6. The highest BCUT2D eigenvalue weighted by Gasteiger charge is 2.40. The Morgan fingerprint density at radius 3 is 2.35 bits per heavy atom. The smallest absolute Gasteiger partial charge is 0.357 e. The number of alkyl halides is 6. The summed E-state index contributed by atoms with van der Waals surface area (Å²) in [5.41, 5.74) is -3.87. The zero-order valence-electron chi connectivity index (χ0n) is 15.4. The minimum absolute atomic E-state index is 0.00983. The van der Waals surface area contributed by atoms with Gasteiger partial charge in [-0.2, -0.15) is 36.1 Å². The van der Waals surface area contributed by atoms with E-state index in [-0.39, 0.29) is 23.7 Å². The number of nitrogens with one attached hydrogen (secondary N) is 1. The lowest BCUT2D eigenvalue weighted by molar-refractivity contribution is -0.142. The van der Waals surface area contributed by atoms with Gasteiger partial charge in [0, 0.05) is 12.4 Å². The maximum Gasteiger partial charge on any atom is 0.420 e. The van der Waals surface area contributed by atoms with E-state index < -0.39 is 40.5 Å². The molecular formula is C17H11F6N7O. The lowest BCUT2D eigenvalue weighted by Crippen LogP contribution is -2.15. The number of aromatic nitrogens is 6. The van der Waals surface area contributed by atoms with Gasteiger partial charge in [0.1, 0.15) is 11.9 Å². The Kier molecular flexibility index (Phi) is 4.78. The van der Waals surface area contributed by atoms with Crippen LogP contribution < -0.4 is 5.32 Å². The van der Waals surface area contributed by atoms with Crippen molar-refractivity contribution in [3.63, 3.8) is 0 Å². The third-order valence-electron chi connectivity index (χ3n) is 4.26. The van der Waals surface area contributed by atoms with Crippen LogP contribution in [0.25, 0.3) is 16.9 Å². The van der Waals surface area contributed by atoms with Crippen LogP contribution in [0.2, 0.25) is 0 Å². The molecular weight excluding hydrogens is 432 g/mol. The molecule has 1 atom stereocenters. The highest BCUT2D eigenvalue weighted by molar-refractivity contribution is 5.91. The number of halogens is 6. The Labute approximate surface area is 168 Å². The van der Waals surface area contributed by atoms with Gasteiger partial charge < -0.3 is 9.84 Å². The predicted molar refractivity (Wildman–Crippen MR) is 93.0 cm³/mol. The fourth-order valence-electron chi connectivity index (χ4n) is 2.89. The predicted octanol–water partition coefficient (Wildman–Crippen LogP) is 4.41. The largest absolute Gasteiger partial charge is 0.420 e. The van der Waals surface area contributed by atoms with Crippen LogP contribution in [0.1, 0.15) is 29.9 Å². The van der Waals surface area contributed by atoms with Crippen molar-refractivity contribution in [2.75, 3.05) is 5.32 Å². The van der Waals surface area contributed by atoms with Crippen molar-refractivity contribution in [1.29, 1.82) is 0 Å². The summed E-state index contributed by atoms with van der Waals surface area (Å²) in [5, 5.41) is 9.73. The fraction of sp³-hybridized carbons (Fsp3) is 0.235. The second-order valence-electron chi connectivity index (χ2n) is 6.37. The van der Waals surface area contributed by atoms with Crippen LogP contribution in [0.5, 0.6) is 0 Å². The zero-order chi connectivity index (χ0) is 22.4. The lowest BCUT2D eigenvalue weighted by atomic mass is 10.1. The lowest BCUT2D eigenvalue weighted by Gasteiger charge is -2.14. The van der Waals surface area contributed by atoms with Gasteiger partial charge >= 0.3 is 12.4 Å². The van der Waals surface area contributed by atoms with E-state index >= 15 is 0 Å². The summed E-state index contributed by atoms with van der Waals surface area (Å²) in [6, 6.07) is 1.36. The molecule has 0 aliphatic heterocycles. The number of fused-ring (bicyclic) bond motifs is 1. The number of benzene rings is 1. The molecule has 0 radical (unpaired) electrons. The average Bonchev–Trinajstić information content (AvgIpc) is 3.34. The van der Waals surface area contributed by atoms with E-state index in [4.69, 9.17) is 4.52 Å². The molecule has 3 aromatic heterocycles. The van der Waals surface area contributed by atoms with Gasteiger partial charge in [-0.05, 0) is 25.1 Å². The first kappa shape index (κ1) is 20.6. The normalized spacial score (nSPS) is 13.5. The standard InChI is InChI=1S/C17H11F6N7O/c1-8(14-26-7-27-30(14)15-24-3-2-4-25-15)28-13-10-5-9(16(18,19)20)6-11(17(21,22)23)12(10)31-29-13/h2-8H,1H3,(H,28,29). The highest BCUT2D eigenvalue weighted by atomic mass is 19.4. The van der Waals surface area contributed by atoms with Crippen molar-refractivity contribution in [2.24, 2.45) is 0 Å². The molecule has 0 fully saturated rings. The van der Waals surface area contributed by atoms with E-state index in [2.05, 4.69) is 30.5 Å². The number of hydrogen-bond donors (Lipinski definition) is 1. The van der Waals surface area contributed by atoms with E-state index in [1.807, 2.05) is 0 Å². The van der Waals surface area contributed by atoms with Crippen LogP contribution in [-0.2, 0) is 12.4 Å². The Bertz CT molecular complexity index is 1220. The molecule has 0 aliphatic rings. The van der Waals surface area contributed by atoms with E-state index in [0.29, 0.717) is 6.07 Å². The minimum atomic E-state index is -5.08. The molecule has 1 unspecified atom stereocenters. The molecule has 162 valence electrons. The molecule has 0 saturated carbocycles. The van der Waals surface area contributed by atoms with Gasteiger partial charge in [-0.15, -0.1) is 0 Å². The minimum Gasteiger partial charge on any atom is -0.357 e. The third-order valence-corrected chi connectivity index (χ3v) is 4.26. The molecule has 3 heterocycles. The molecule has 31 heavy (non-hydrogen) atoms. The van der Waals surface area contributed by atoms with Gasteiger partial charge in [-0.3, -0.25) is 0 Å².